The smallest absolute Gasteiger partial charge is 0.182 e. The molecule has 28 heavy (non-hydrogen) atoms. The molecule has 1 atom stereocenters. The molecule has 2 heteroatoms. The third kappa shape index (κ3) is 9.17. The van der Waals surface area contributed by atoms with E-state index in [0.29, 0.717) is 12.0 Å². The van der Waals surface area contributed by atoms with Gasteiger partial charge in [-0.3, -0.25) is 9.59 Å². The maximum absolute atomic E-state index is 13.1. The van der Waals surface area contributed by atoms with Crippen LogP contribution in [-0.4, -0.2) is 11.6 Å². The van der Waals surface area contributed by atoms with Crippen molar-refractivity contribution >= 4 is 11.6 Å². The van der Waals surface area contributed by atoms with E-state index in [1.54, 1.807) is 12.2 Å². The van der Waals surface area contributed by atoms with Crippen LogP contribution in [0.25, 0.3) is 0 Å². The van der Waals surface area contributed by atoms with Crippen molar-refractivity contribution in [2.24, 2.45) is 5.41 Å². The van der Waals surface area contributed by atoms with Crippen LogP contribution in [0.4, 0.5) is 0 Å². The molecule has 0 amide bonds. The summed E-state index contributed by atoms with van der Waals surface area (Å²) in [7, 11) is 0. The van der Waals surface area contributed by atoms with Crippen LogP contribution in [0.3, 0.4) is 0 Å². The SMILES string of the molecule is CCCCCC=CC(=O)C(=C(C)CCC)C(C)(CC)C(=O)C=CCCCCC. The lowest BCUT2D eigenvalue weighted by atomic mass is 9.71. The van der Waals surface area contributed by atoms with Gasteiger partial charge in [-0.25, -0.2) is 0 Å². The topological polar surface area (TPSA) is 34.1 Å². The van der Waals surface area contributed by atoms with Crippen molar-refractivity contribution in [2.45, 2.75) is 112 Å². The molecule has 0 aliphatic carbocycles. The van der Waals surface area contributed by atoms with Crippen LogP contribution < -0.4 is 0 Å². The van der Waals surface area contributed by atoms with Gasteiger partial charge in [0, 0.05) is 5.57 Å². The monoisotopic (exact) mass is 388 g/mol. The number of hydrogen-bond donors (Lipinski definition) is 0. The van der Waals surface area contributed by atoms with Crippen molar-refractivity contribution in [3.8, 4) is 0 Å². The zero-order chi connectivity index (χ0) is 21.4. The summed E-state index contributed by atoms with van der Waals surface area (Å²) in [5.74, 6) is 0.0733. The van der Waals surface area contributed by atoms with Crippen molar-refractivity contribution in [2.75, 3.05) is 0 Å². The van der Waals surface area contributed by atoms with Crippen molar-refractivity contribution in [3.63, 3.8) is 0 Å². The minimum Gasteiger partial charge on any atom is -0.294 e. The second-order valence-electron chi connectivity index (χ2n) is 8.12. The van der Waals surface area contributed by atoms with Gasteiger partial charge in [0.25, 0.3) is 0 Å². The maximum atomic E-state index is 13.1. The first-order valence-electron chi connectivity index (χ1n) is 11.5. The first kappa shape index (κ1) is 26.6. The Morgan fingerprint density at radius 2 is 1.32 bits per heavy atom. The third-order valence-electron chi connectivity index (χ3n) is 5.59. The summed E-state index contributed by atoms with van der Waals surface area (Å²) in [6.45, 7) is 12.5. The van der Waals surface area contributed by atoms with E-state index in [1.807, 2.05) is 32.9 Å². The predicted molar refractivity (Wildman–Crippen MR) is 123 cm³/mol. The van der Waals surface area contributed by atoms with Gasteiger partial charge >= 0.3 is 0 Å². The molecule has 0 radical (unpaired) electrons. The van der Waals surface area contributed by atoms with E-state index in [9.17, 15) is 9.59 Å². The Morgan fingerprint density at radius 1 is 0.786 bits per heavy atom. The summed E-state index contributed by atoms with van der Waals surface area (Å²) in [4.78, 5) is 26.2. The van der Waals surface area contributed by atoms with Crippen molar-refractivity contribution in [1.82, 2.24) is 0 Å². The van der Waals surface area contributed by atoms with Gasteiger partial charge in [-0.15, -0.1) is 0 Å². The number of carbonyl (C=O) groups is 2. The fourth-order valence-corrected chi connectivity index (χ4v) is 3.60. The van der Waals surface area contributed by atoms with Gasteiger partial charge in [-0.2, -0.15) is 0 Å². The average Bonchev–Trinajstić information content (AvgIpc) is 2.67. The molecule has 0 saturated heterocycles. The summed E-state index contributed by atoms with van der Waals surface area (Å²) in [6.07, 6.45) is 18.7. The molecule has 0 fully saturated rings. The van der Waals surface area contributed by atoms with E-state index in [0.717, 1.165) is 44.1 Å². The van der Waals surface area contributed by atoms with Crippen molar-refractivity contribution in [3.05, 3.63) is 35.5 Å². The molecule has 0 heterocycles. The normalized spacial score (nSPS) is 15.1. The first-order valence-corrected chi connectivity index (χ1v) is 11.5. The van der Waals surface area contributed by atoms with Crippen molar-refractivity contribution < 1.29 is 9.59 Å². The van der Waals surface area contributed by atoms with Gasteiger partial charge in [0.2, 0.25) is 0 Å². The minimum absolute atomic E-state index is 0.0135. The quantitative estimate of drug-likeness (QED) is 0.199. The number of hydrogen-bond acceptors (Lipinski definition) is 2. The van der Waals surface area contributed by atoms with E-state index in [4.69, 9.17) is 0 Å². The van der Waals surface area contributed by atoms with Crippen molar-refractivity contribution in [1.29, 1.82) is 0 Å². The number of rotatable bonds is 16. The van der Waals surface area contributed by atoms with E-state index >= 15 is 0 Å². The summed E-state index contributed by atoms with van der Waals surface area (Å²) in [5.41, 5.74) is 1.03. The Balaban J connectivity index is 5.55. The number of carbonyl (C=O) groups excluding carboxylic acids is 2. The minimum atomic E-state index is -0.745. The average molecular weight is 389 g/mol. The molecule has 0 saturated carbocycles. The number of allylic oxidation sites excluding steroid dienone is 6. The maximum Gasteiger partial charge on any atom is 0.182 e. The largest absolute Gasteiger partial charge is 0.294 e. The lowest BCUT2D eigenvalue weighted by Gasteiger charge is -2.29. The van der Waals surface area contributed by atoms with Gasteiger partial charge in [-0.1, -0.05) is 77.5 Å². The molecule has 0 aliphatic heterocycles. The highest BCUT2D eigenvalue weighted by molar-refractivity contribution is 6.12. The van der Waals surface area contributed by atoms with Crippen LogP contribution >= 0.6 is 0 Å². The zero-order valence-electron chi connectivity index (χ0n) is 19.4. The molecule has 2 nitrogen and oxygen atoms in total. The van der Waals surface area contributed by atoms with Gasteiger partial charge in [0.05, 0.1) is 5.41 Å². The molecule has 0 aliphatic rings. The summed E-state index contributed by atoms with van der Waals surface area (Å²) in [5, 5.41) is 0. The van der Waals surface area contributed by atoms with Gasteiger partial charge in [0.1, 0.15) is 0 Å². The van der Waals surface area contributed by atoms with E-state index < -0.39 is 5.41 Å². The van der Waals surface area contributed by atoms with Gasteiger partial charge in [0.15, 0.2) is 11.6 Å². The first-order chi connectivity index (χ1) is 13.4. The van der Waals surface area contributed by atoms with E-state index in [1.165, 1.54) is 25.7 Å². The molecular weight excluding hydrogens is 344 g/mol. The van der Waals surface area contributed by atoms with Crippen LogP contribution in [0.5, 0.6) is 0 Å². The molecule has 160 valence electrons. The molecule has 0 rings (SSSR count). The molecular formula is C26H44O2. The van der Waals surface area contributed by atoms with Crippen LogP contribution in [0.15, 0.2) is 35.5 Å². The molecule has 0 spiro atoms. The van der Waals surface area contributed by atoms with Crippen LogP contribution in [0, 0.1) is 5.41 Å². The van der Waals surface area contributed by atoms with E-state index in [2.05, 4.69) is 20.8 Å². The Hall–Kier alpha value is -1.44. The molecule has 0 aromatic carbocycles. The molecule has 0 N–H and O–H groups in total. The lowest BCUT2D eigenvalue weighted by molar-refractivity contribution is -0.124. The van der Waals surface area contributed by atoms with Gasteiger partial charge < -0.3 is 0 Å². The summed E-state index contributed by atoms with van der Waals surface area (Å²) in [6, 6.07) is 0. The predicted octanol–water partition coefficient (Wildman–Crippen LogP) is 7.93. The molecule has 0 aromatic heterocycles. The zero-order valence-corrected chi connectivity index (χ0v) is 19.4. The van der Waals surface area contributed by atoms with E-state index in [-0.39, 0.29) is 11.6 Å². The number of unbranched alkanes of at least 4 members (excludes halogenated alkanes) is 6. The standard InChI is InChI=1S/C26H44O2/c1-7-11-13-15-17-20-23(27)25(22(5)19-9-3)26(6,10-4)24(28)21-18-16-14-12-8-2/h17-18,20-21H,7-16,19H2,1-6H3. The second kappa shape index (κ2) is 15.5. The highest BCUT2D eigenvalue weighted by Gasteiger charge is 2.37. The highest BCUT2D eigenvalue weighted by atomic mass is 16.1. The van der Waals surface area contributed by atoms with Crippen LogP contribution in [0.1, 0.15) is 112 Å². The third-order valence-corrected chi connectivity index (χ3v) is 5.59. The fraction of sp³-hybridized carbons (Fsp3) is 0.692. The summed E-state index contributed by atoms with van der Waals surface area (Å²) >= 11 is 0. The highest BCUT2D eigenvalue weighted by Crippen LogP contribution is 2.37. The molecule has 0 aromatic rings. The second-order valence-corrected chi connectivity index (χ2v) is 8.12. The fourth-order valence-electron chi connectivity index (χ4n) is 3.60. The Bertz CT molecular complexity index is 551. The van der Waals surface area contributed by atoms with Crippen LogP contribution in [0.2, 0.25) is 0 Å². The molecule has 1 unspecified atom stereocenters. The Morgan fingerprint density at radius 3 is 1.79 bits per heavy atom. The molecule has 0 bridgehead atoms. The number of ketones is 2. The van der Waals surface area contributed by atoms with Crippen LogP contribution in [-0.2, 0) is 9.59 Å². The Kier molecular flexibility index (Phi) is 14.7. The Labute approximate surface area is 174 Å². The lowest BCUT2D eigenvalue weighted by Crippen LogP contribution is -2.32. The van der Waals surface area contributed by atoms with Gasteiger partial charge in [-0.05, 0) is 64.5 Å². The summed E-state index contributed by atoms with van der Waals surface area (Å²) < 4.78 is 0.